The molecule has 1 fully saturated rings. The van der Waals surface area contributed by atoms with Gasteiger partial charge in [0, 0.05) is 13.2 Å². The van der Waals surface area contributed by atoms with Crippen molar-refractivity contribution in [3.63, 3.8) is 0 Å². The summed E-state index contributed by atoms with van der Waals surface area (Å²) in [4.78, 5) is 8.81. The van der Waals surface area contributed by atoms with Gasteiger partial charge in [-0.3, -0.25) is 0 Å². The second-order valence-electron chi connectivity index (χ2n) is 5.97. The Morgan fingerprint density at radius 2 is 2.00 bits per heavy atom. The van der Waals surface area contributed by atoms with E-state index in [0.29, 0.717) is 48.4 Å². The van der Waals surface area contributed by atoms with Gasteiger partial charge in [0.1, 0.15) is 12.3 Å². The highest BCUT2D eigenvalue weighted by Crippen LogP contribution is 2.30. The molecule has 0 unspecified atom stereocenters. The van der Waals surface area contributed by atoms with E-state index in [-0.39, 0.29) is 0 Å². The van der Waals surface area contributed by atoms with Crippen LogP contribution in [0.2, 0.25) is 0 Å². The fourth-order valence-corrected chi connectivity index (χ4v) is 2.42. The van der Waals surface area contributed by atoms with Gasteiger partial charge >= 0.3 is 0 Å². The molecule has 0 saturated heterocycles. The summed E-state index contributed by atoms with van der Waals surface area (Å²) in [6.07, 6.45) is 4.82. The van der Waals surface area contributed by atoms with E-state index >= 15 is 0 Å². The Balaban J connectivity index is 2.19. The molecular formula is C15H26N4O2. The third-order valence-electron chi connectivity index (χ3n) is 3.48. The average Bonchev–Trinajstić information content (AvgIpc) is 2.94. The SMILES string of the molecule is COCc1nc(NC2CCCC2)c(N)c(OCC(C)C)n1. The van der Waals surface area contributed by atoms with Crippen LogP contribution in [0.3, 0.4) is 0 Å². The van der Waals surface area contributed by atoms with Crippen LogP contribution >= 0.6 is 0 Å². The zero-order chi connectivity index (χ0) is 15.2. The van der Waals surface area contributed by atoms with Crippen molar-refractivity contribution in [3.8, 4) is 5.88 Å². The monoisotopic (exact) mass is 294 g/mol. The van der Waals surface area contributed by atoms with Gasteiger partial charge in [0.25, 0.3) is 0 Å². The smallest absolute Gasteiger partial charge is 0.242 e. The molecule has 0 radical (unpaired) electrons. The first-order valence-corrected chi connectivity index (χ1v) is 7.64. The van der Waals surface area contributed by atoms with Crippen molar-refractivity contribution < 1.29 is 9.47 Å². The Kier molecular flexibility index (Phi) is 5.61. The molecule has 0 bridgehead atoms. The summed E-state index contributed by atoms with van der Waals surface area (Å²) >= 11 is 0. The number of nitrogens with two attached hydrogens (primary N) is 1. The molecule has 0 aromatic carbocycles. The lowest BCUT2D eigenvalue weighted by atomic mass is 10.2. The Morgan fingerprint density at radius 3 is 2.62 bits per heavy atom. The topological polar surface area (TPSA) is 82.3 Å². The number of hydrogen-bond donors (Lipinski definition) is 2. The molecule has 1 heterocycles. The summed E-state index contributed by atoms with van der Waals surface area (Å²) in [5.41, 5.74) is 6.65. The van der Waals surface area contributed by atoms with Crippen LogP contribution in [-0.4, -0.2) is 29.7 Å². The number of nitrogens with zero attached hydrogens (tertiary/aromatic N) is 2. The average molecular weight is 294 g/mol. The Bertz CT molecular complexity index is 459. The first-order valence-electron chi connectivity index (χ1n) is 7.64. The van der Waals surface area contributed by atoms with Crippen LogP contribution in [0.5, 0.6) is 5.88 Å². The first kappa shape index (κ1) is 15.8. The molecule has 1 aromatic heterocycles. The summed E-state index contributed by atoms with van der Waals surface area (Å²) < 4.78 is 10.8. The van der Waals surface area contributed by atoms with Crippen LogP contribution < -0.4 is 15.8 Å². The van der Waals surface area contributed by atoms with Crippen molar-refractivity contribution in [2.45, 2.75) is 52.2 Å². The predicted octanol–water partition coefficient (Wildman–Crippen LogP) is 2.59. The number of nitrogens with one attached hydrogen (secondary N) is 1. The van der Waals surface area contributed by atoms with Crippen molar-refractivity contribution in [1.29, 1.82) is 0 Å². The molecule has 1 aromatic rings. The van der Waals surface area contributed by atoms with E-state index in [0.717, 1.165) is 12.8 Å². The highest BCUT2D eigenvalue weighted by atomic mass is 16.5. The van der Waals surface area contributed by atoms with Crippen LogP contribution in [0.15, 0.2) is 0 Å². The van der Waals surface area contributed by atoms with E-state index in [4.69, 9.17) is 15.2 Å². The molecular weight excluding hydrogens is 268 g/mol. The molecule has 0 aliphatic heterocycles. The van der Waals surface area contributed by atoms with Crippen molar-refractivity contribution >= 4 is 11.5 Å². The molecule has 118 valence electrons. The predicted molar refractivity (Wildman–Crippen MR) is 83.4 cm³/mol. The van der Waals surface area contributed by atoms with Gasteiger partial charge in [0.2, 0.25) is 5.88 Å². The van der Waals surface area contributed by atoms with Gasteiger partial charge in [-0.25, -0.2) is 4.98 Å². The summed E-state index contributed by atoms with van der Waals surface area (Å²) in [7, 11) is 1.62. The Labute approximate surface area is 126 Å². The first-order chi connectivity index (χ1) is 10.1. The Hall–Kier alpha value is -1.56. The van der Waals surface area contributed by atoms with E-state index in [1.165, 1.54) is 12.8 Å². The highest BCUT2D eigenvalue weighted by molar-refractivity contribution is 5.67. The lowest BCUT2D eigenvalue weighted by Gasteiger charge is -2.18. The summed E-state index contributed by atoms with van der Waals surface area (Å²) in [5.74, 6) is 2.12. The van der Waals surface area contributed by atoms with E-state index in [2.05, 4.69) is 29.1 Å². The molecule has 6 heteroatoms. The number of ether oxygens (including phenoxy) is 2. The van der Waals surface area contributed by atoms with E-state index < -0.39 is 0 Å². The molecule has 1 saturated carbocycles. The molecule has 21 heavy (non-hydrogen) atoms. The molecule has 2 rings (SSSR count). The minimum Gasteiger partial charge on any atom is -0.476 e. The van der Waals surface area contributed by atoms with Crippen LogP contribution in [0, 0.1) is 5.92 Å². The fourth-order valence-electron chi connectivity index (χ4n) is 2.42. The molecule has 0 atom stereocenters. The van der Waals surface area contributed by atoms with Crippen LogP contribution in [-0.2, 0) is 11.3 Å². The number of anilines is 2. The summed E-state index contributed by atoms with van der Waals surface area (Å²) in [5, 5.41) is 3.42. The maximum absolute atomic E-state index is 6.16. The van der Waals surface area contributed by atoms with E-state index in [1.54, 1.807) is 7.11 Å². The second-order valence-corrected chi connectivity index (χ2v) is 5.97. The summed E-state index contributed by atoms with van der Waals surface area (Å²) in [6, 6.07) is 0.440. The van der Waals surface area contributed by atoms with Crippen molar-refractivity contribution in [2.24, 2.45) is 5.92 Å². The van der Waals surface area contributed by atoms with Gasteiger partial charge in [-0.05, 0) is 18.8 Å². The number of nitrogen functional groups attached to an aromatic ring is 1. The van der Waals surface area contributed by atoms with Crippen LogP contribution in [0.25, 0.3) is 0 Å². The fraction of sp³-hybridized carbons (Fsp3) is 0.733. The lowest BCUT2D eigenvalue weighted by Crippen LogP contribution is -2.19. The van der Waals surface area contributed by atoms with Gasteiger partial charge in [-0.1, -0.05) is 26.7 Å². The molecule has 0 amide bonds. The second kappa shape index (κ2) is 7.45. The number of rotatable bonds is 7. The largest absolute Gasteiger partial charge is 0.476 e. The molecule has 1 aliphatic rings. The number of methoxy groups -OCH3 is 1. The molecule has 6 nitrogen and oxygen atoms in total. The normalized spacial score (nSPS) is 15.6. The molecule has 0 spiro atoms. The standard InChI is InChI=1S/C15H26N4O2/c1-10(2)8-21-15-13(16)14(17-11-6-4-5-7-11)18-12(19-15)9-20-3/h10-11H,4-9,16H2,1-3H3,(H,17,18,19). The van der Waals surface area contributed by atoms with Gasteiger partial charge in [-0.15, -0.1) is 0 Å². The molecule has 3 N–H and O–H groups in total. The zero-order valence-corrected chi connectivity index (χ0v) is 13.2. The zero-order valence-electron chi connectivity index (χ0n) is 13.2. The number of aromatic nitrogens is 2. The summed E-state index contributed by atoms with van der Waals surface area (Å²) in [6.45, 7) is 5.10. The van der Waals surface area contributed by atoms with Gasteiger partial charge in [0.05, 0.1) is 6.61 Å². The maximum atomic E-state index is 6.16. The van der Waals surface area contributed by atoms with E-state index in [9.17, 15) is 0 Å². The van der Waals surface area contributed by atoms with Gasteiger partial charge < -0.3 is 20.5 Å². The maximum Gasteiger partial charge on any atom is 0.242 e. The number of hydrogen-bond acceptors (Lipinski definition) is 6. The third kappa shape index (κ3) is 4.46. The van der Waals surface area contributed by atoms with Gasteiger partial charge in [0.15, 0.2) is 11.6 Å². The highest BCUT2D eigenvalue weighted by Gasteiger charge is 2.19. The van der Waals surface area contributed by atoms with Crippen LogP contribution in [0.4, 0.5) is 11.5 Å². The minimum atomic E-state index is 0.345. The third-order valence-corrected chi connectivity index (χ3v) is 3.48. The quantitative estimate of drug-likeness (QED) is 0.804. The van der Waals surface area contributed by atoms with E-state index in [1.807, 2.05) is 0 Å². The van der Waals surface area contributed by atoms with Crippen molar-refractivity contribution in [2.75, 3.05) is 24.8 Å². The van der Waals surface area contributed by atoms with Crippen molar-refractivity contribution in [1.82, 2.24) is 9.97 Å². The lowest BCUT2D eigenvalue weighted by molar-refractivity contribution is 0.176. The minimum absolute atomic E-state index is 0.345. The van der Waals surface area contributed by atoms with Gasteiger partial charge in [-0.2, -0.15) is 4.98 Å². The van der Waals surface area contributed by atoms with Crippen LogP contribution in [0.1, 0.15) is 45.4 Å². The van der Waals surface area contributed by atoms with Crippen molar-refractivity contribution in [3.05, 3.63) is 5.82 Å². The Morgan fingerprint density at radius 1 is 1.29 bits per heavy atom. The molecule has 1 aliphatic carbocycles.